The van der Waals surface area contributed by atoms with E-state index in [9.17, 15) is 19.5 Å². The number of amides is 3. The second-order valence-corrected chi connectivity index (χ2v) is 4.66. The first kappa shape index (κ1) is 14.4. The van der Waals surface area contributed by atoms with Gasteiger partial charge >= 0.3 is 12.0 Å². The van der Waals surface area contributed by atoms with Gasteiger partial charge in [-0.25, -0.2) is 4.79 Å². The van der Waals surface area contributed by atoms with Gasteiger partial charge in [0.25, 0.3) is 5.91 Å². The van der Waals surface area contributed by atoms with Crippen molar-refractivity contribution in [3.8, 4) is 0 Å². The third-order valence-electron chi connectivity index (χ3n) is 2.56. The monoisotopic (exact) mass is 258 g/mol. The van der Waals surface area contributed by atoms with Crippen LogP contribution in [0.5, 0.6) is 0 Å². The molecule has 0 aromatic rings. The van der Waals surface area contributed by atoms with Crippen LogP contribution in [0.25, 0.3) is 0 Å². The van der Waals surface area contributed by atoms with Gasteiger partial charge in [-0.2, -0.15) is 0 Å². The molecule has 1 saturated heterocycles. The quantitative estimate of drug-likeness (QED) is 0.518. The highest BCUT2D eigenvalue weighted by molar-refractivity contribution is 6.06. The molecule has 102 valence electrons. The molecule has 0 aromatic carbocycles. The molecule has 0 aromatic heterocycles. The Balaban J connectivity index is 2.50. The molecule has 18 heavy (non-hydrogen) atoms. The molecule has 7 nitrogen and oxygen atoms in total. The molecule has 1 aliphatic heterocycles. The first-order valence-corrected chi connectivity index (χ1v) is 5.75. The summed E-state index contributed by atoms with van der Waals surface area (Å²) in [5, 5.41) is 12.1. The summed E-state index contributed by atoms with van der Waals surface area (Å²) in [7, 11) is 0. The number of nitrogens with one attached hydrogen (secondary N) is 1. The lowest BCUT2D eigenvalue weighted by molar-refractivity contribution is -0.146. The van der Waals surface area contributed by atoms with Crippen molar-refractivity contribution in [3.05, 3.63) is 0 Å². The third-order valence-corrected chi connectivity index (χ3v) is 2.56. The van der Waals surface area contributed by atoms with Crippen LogP contribution in [0.4, 0.5) is 4.79 Å². The number of nitrogens with zero attached hydrogens (tertiary/aromatic N) is 1. The van der Waals surface area contributed by atoms with Gasteiger partial charge in [-0.3, -0.25) is 14.5 Å². The minimum Gasteiger partial charge on any atom is -0.463 e. The zero-order valence-corrected chi connectivity index (χ0v) is 10.7. The molecule has 1 fully saturated rings. The minimum atomic E-state index is -1.08. The zero-order chi connectivity index (χ0) is 13.9. The lowest BCUT2D eigenvalue weighted by Crippen LogP contribution is -2.42. The average Bonchev–Trinajstić information content (AvgIpc) is 2.48. The number of esters is 1. The van der Waals surface area contributed by atoms with Crippen LogP contribution in [0.1, 0.15) is 27.2 Å². The predicted molar refractivity (Wildman–Crippen MR) is 61.6 cm³/mol. The van der Waals surface area contributed by atoms with E-state index in [1.165, 1.54) is 0 Å². The second kappa shape index (κ2) is 5.34. The molecule has 0 radical (unpaired) electrons. The van der Waals surface area contributed by atoms with Crippen LogP contribution in [-0.2, 0) is 14.3 Å². The highest BCUT2D eigenvalue weighted by atomic mass is 16.5. The second-order valence-electron chi connectivity index (χ2n) is 4.66. The number of aliphatic hydroxyl groups is 1. The van der Waals surface area contributed by atoms with Gasteiger partial charge in [0, 0.05) is 6.42 Å². The largest absolute Gasteiger partial charge is 0.463 e. The van der Waals surface area contributed by atoms with Crippen molar-refractivity contribution in [3.63, 3.8) is 0 Å². The number of carbonyl (C=O) groups excluding carboxylic acids is 3. The Bertz CT molecular complexity index is 366. The number of hydrogen-bond donors (Lipinski definition) is 2. The Morgan fingerprint density at radius 1 is 1.50 bits per heavy atom. The predicted octanol–water partition coefficient (Wildman–Crippen LogP) is -0.369. The summed E-state index contributed by atoms with van der Waals surface area (Å²) in [5.74, 6) is -0.847. The summed E-state index contributed by atoms with van der Waals surface area (Å²) in [6.45, 7) is 4.37. The zero-order valence-electron chi connectivity index (χ0n) is 10.7. The average molecular weight is 258 g/mol. The van der Waals surface area contributed by atoms with Crippen LogP contribution in [0.15, 0.2) is 0 Å². The highest BCUT2D eigenvalue weighted by Crippen LogP contribution is 2.16. The third kappa shape index (κ3) is 3.19. The Labute approximate surface area is 105 Å². The van der Waals surface area contributed by atoms with Gasteiger partial charge in [-0.15, -0.1) is 0 Å². The molecule has 1 heterocycles. The number of rotatable bonds is 5. The van der Waals surface area contributed by atoms with E-state index in [-0.39, 0.29) is 19.6 Å². The number of hydrogen-bond acceptors (Lipinski definition) is 5. The summed E-state index contributed by atoms with van der Waals surface area (Å²) in [4.78, 5) is 35.1. The molecular formula is C11H18N2O5. The van der Waals surface area contributed by atoms with Crippen LogP contribution in [0.3, 0.4) is 0 Å². The van der Waals surface area contributed by atoms with E-state index in [2.05, 4.69) is 5.32 Å². The molecular weight excluding hydrogens is 240 g/mol. The summed E-state index contributed by atoms with van der Waals surface area (Å²) >= 11 is 0. The highest BCUT2D eigenvalue weighted by Gasteiger charge is 2.44. The van der Waals surface area contributed by atoms with Crippen molar-refractivity contribution in [2.24, 2.45) is 0 Å². The molecule has 0 bridgehead atoms. The van der Waals surface area contributed by atoms with Crippen LogP contribution < -0.4 is 5.32 Å². The van der Waals surface area contributed by atoms with Crippen molar-refractivity contribution in [1.82, 2.24) is 10.2 Å². The van der Waals surface area contributed by atoms with E-state index in [1.807, 2.05) is 0 Å². The Morgan fingerprint density at radius 2 is 2.11 bits per heavy atom. The van der Waals surface area contributed by atoms with Gasteiger partial charge < -0.3 is 15.2 Å². The van der Waals surface area contributed by atoms with Crippen molar-refractivity contribution in [2.75, 3.05) is 13.2 Å². The molecule has 1 aliphatic rings. The van der Waals surface area contributed by atoms with E-state index >= 15 is 0 Å². The molecule has 2 N–H and O–H groups in total. The lowest BCUT2D eigenvalue weighted by Gasteiger charge is -2.19. The van der Waals surface area contributed by atoms with Crippen molar-refractivity contribution < 1.29 is 24.2 Å². The van der Waals surface area contributed by atoms with Gasteiger partial charge in [-0.05, 0) is 13.8 Å². The summed E-state index contributed by atoms with van der Waals surface area (Å²) < 4.78 is 4.73. The van der Waals surface area contributed by atoms with E-state index in [0.29, 0.717) is 0 Å². The molecule has 1 unspecified atom stereocenters. The SMILES string of the molecule is CCC(=O)OCC(O)CN1C(=O)NC(C)(C)C1=O. The molecule has 0 spiro atoms. The van der Waals surface area contributed by atoms with Crippen molar-refractivity contribution in [2.45, 2.75) is 38.8 Å². The Hall–Kier alpha value is -1.63. The first-order valence-electron chi connectivity index (χ1n) is 5.75. The first-order chi connectivity index (χ1) is 8.27. The maximum Gasteiger partial charge on any atom is 0.325 e. The molecule has 0 saturated carbocycles. The van der Waals surface area contributed by atoms with Gasteiger partial charge in [0.05, 0.1) is 6.54 Å². The van der Waals surface area contributed by atoms with Gasteiger partial charge in [-0.1, -0.05) is 6.92 Å². The summed E-state index contributed by atoms with van der Waals surface area (Å²) in [5.41, 5.74) is -0.961. The van der Waals surface area contributed by atoms with E-state index in [1.54, 1.807) is 20.8 Å². The summed E-state index contributed by atoms with van der Waals surface area (Å²) in [6, 6.07) is -0.550. The van der Waals surface area contributed by atoms with Gasteiger partial charge in [0.15, 0.2) is 0 Å². The number of imide groups is 1. The Kier molecular flexibility index (Phi) is 4.28. The summed E-state index contributed by atoms with van der Waals surface area (Å²) in [6.07, 6.45) is -0.868. The van der Waals surface area contributed by atoms with Crippen LogP contribution in [0, 0.1) is 0 Å². The normalized spacial score (nSPS) is 19.7. The maximum atomic E-state index is 11.8. The van der Waals surface area contributed by atoms with Gasteiger partial charge in [0.1, 0.15) is 18.2 Å². The maximum absolute atomic E-state index is 11.8. The molecule has 1 atom stereocenters. The lowest BCUT2D eigenvalue weighted by atomic mass is 10.1. The number of aliphatic hydroxyl groups excluding tert-OH is 1. The molecule has 0 aliphatic carbocycles. The van der Waals surface area contributed by atoms with Gasteiger partial charge in [0.2, 0.25) is 0 Å². The molecule has 1 rings (SSSR count). The van der Waals surface area contributed by atoms with Crippen LogP contribution >= 0.6 is 0 Å². The van der Waals surface area contributed by atoms with Crippen LogP contribution in [0.2, 0.25) is 0 Å². The van der Waals surface area contributed by atoms with E-state index < -0.39 is 29.6 Å². The van der Waals surface area contributed by atoms with E-state index in [0.717, 1.165) is 4.90 Å². The Morgan fingerprint density at radius 3 is 2.56 bits per heavy atom. The van der Waals surface area contributed by atoms with Crippen LogP contribution in [-0.4, -0.2) is 52.7 Å². The molecule has 3 amide bonds. The van der Waals surface area contributed by atoms with Crippen molar-refractivity contribution >= 4 is 17.9 Å². The number of β-amino-alcohol motifs (C(OH)–C–C–N with tert-alkyl or cyclic N) is 1. The minimum absolute atomic E-state index is 0.189. The number of urea groups is 1. The number of carbonyl (C=O) groups is 3. The van der Waals surface area contributed by atoms with Crippen molar-refractivity contribution in [1.29, 1.82) is 0 Å². The molecule has 7 heteroatoms. The smallest absolute Gasteiger partial charge is 0.325 e. The van der Waals surface area contributed by atoms with E-state index in [4.69, 9.17) is 4.74 Å². The topological polar surface area (TPSA) is 95.9 Å². The fourth-order valence-electron chi connectivity index (χ4n) is 1.54. The fraction of sp³-hybridized carbons (Fsp3) is 0.727. The fourth-order valence-corrected chi connectivity index (χ4v) is 1.54. The standard InChI is InChI=1S/C11H18N2O5/c1-4-8(15)18-6-7(14)5-13-9(16)11(2,3)12-10(13)17/h7,14H,4-6H2,1-3H3,(H,12,17). The number of ether oxygens (including phenoxy) is 1.